The maximum absolute atomic E-state index is 4.56. The zero-order valence-corrected chi connectivity index (χ0v) is 10.3. The van der Waals surface area contributed by atoms with Crippen molar-refractivity contribution in [2.45, 2.75) is 6.54 Å². The van der Waals surface area contributed by atoms with Gasteiger partial charge in [-0.15, -0.1) is 0 Å². The number of nitrogens with one attached hydrogen (secondary N) is 1. The van der Waals surface area contributed by atoms with Crippen molar-refractivity contribution in [1.82, 2.24) is 15.1 Å². The number of rotatable bonds is 3. The van der Waals surface area contributed by atoms with E-state index in [0.717, 1.165) is 23.1 Å². The fraction of sp³-hybridized carbons (Fsp3) is 0.133. The van der Waals surface area contributed by atoms with Crippen LogP contribution in [-0.2, 0) is 6.54 Å². The molecule has 0 fully saturated rings. The lowest BCUT2D eigenvalue weighted by atomic mass is 10.2. The van der Waals surface area contributed by atoms with Crippen LogP contribution in [0.25, 0.3) is 16.6 Å². The van der Waals surface area contributed by atoms with E-state index < -0.39 is 0 Å². The predicted molar refractivity (Wildman–Crippen MR) is 73.8 cm³/mol. The van der Waals surface area contributed by atoms with Crippen molar-refractivity contribution in [3.05, 3.63) is 60.3 Å². The number of nitrogens with zero attached hydrogens (tertiary/aromatic N) is 2. The molecule has 3 nitrogen and oxygen atoms in total. The van der Waals surface area contributed by atoms with E-state index in [1.807, 2.05) is 29.9 Å². The minimum absolute atomic E-state index is 0.890. The summed E-state index contributed by atoms with van der Waals surface area (Å²) in [7, 11) is 1.95. The SMILES string of the molecule is CNCc1ccc(-n2cc3ccccc3n2)cc1. The summed E-state index contributed by atoms with van der Waals surface area (Å²) in [5, 5.41) is 8.87. The van der Waals surface area contributed by atoms with Crippen LogP contribution in [0.4, 0.5) is 0 Å². The van der Waals surface area contributed by atoms with Crippen molar-refractivity contribution in [3.63, 3.8) is 0 Å². The lowest BCUT2D eigenvalue weighted by Crippen LogP contribution is -2.05. The van der Waals surface area contributed by atoms with Gasteiger partial charge in [0.1, 0.15) is 0 Å². The number of benzene rings is 2. The van der Waals surface area contributed by atoms with Crippen molar-refractivity contribution in [2.24, 2.45) is 0 Å². The van der Waals surface area contributed by atoms with Crippen molar-refractivity contribution in [3.8, 4) is 5.69 Å². The molecule has 1 heterocycles. The van der Waals surface area contributed by atoms with E-state index in [1.54, 1.807) is 0 Å². The second-order valence-corrected chi connectivity index (χ2v) is 4.33. The smallest absolute Gasteiger partial charge is 0.0927 e. The van der Waals surface area contributed by atoms with Gasteiger partial charge in [-0.05, 0) is 30.8 Å². The van der Waals surface area contributed by atoms with Crippen molar-refractivity contribution < 1.29 is 0 Å². The minimum Gasteiger partial charge on any atom is -0.316 e. The van der Waals surface area contributed by atoms with Crippen LogP contribution in [0.5, 0.6) is 0 Å². The zero-order chi connectivity index (χ0) is 12.4. The first-order chi connectivity index (χ1) is 8.86. The van der Waals surface area contributed by atoms with Gasteiger partial charge < -0.3 is 5.32 Å². The molecule has 90 valence electrons. The highest BCUT2D eigenvalue weighted by Crippen LogP contribution is 2.15. The van der Waals surface area contributed by atoms with Crippen LogP contribution >= 0.6 is 0 Å². The predicted octanol–water partition coefficient (Wildman–Crippen LogP) is 2.74. The first kappa shape index (κ1) is 11.0. The van der Waals surface area contributed by atoms with Crippen LogP contribution in [0.15, 0.2) is 54.7 Å². The fourth-order valence-electron chi connectivity index (χ4n) is 2.07. The second kappa shape index (κ2) is 4.63. The monoisotopic (exact) mass is 237 g/mol. The molecule has 0 bridgehead atoms. The molecular weight excluding hydrogens is 222 g/mol. The van der Waals surface area contributed by atoms with Crippen molar-refractivity contribution in [1.29, 1.82) is 0 Å². The van der Waals surface area contributed by atoms with Crippen LogP contribution in [0, 0.1) is 0 Å². The molecule has 18 heavy (non-hydrogen) atoms. The molecule has 0 saturated heterocycles. The van der Waals surface area contributed by atoms with Gasteiger partial charge in [0.25, 0.3) is 0 Å². The van der Waals surface area contributed by atoms with Crippen LogP contribution in [0.3, 0.4) is 0 Å². The Kier molecular flexibility index (Phi) is 2.82. The Labute approximate surface area is 106 Å². The molecule has 2 aromatic carbocycles. The molecule has 0 radical (unpaired) electrons. The summed E-state index contributed by atoms with van der Waals surface area (Å²) in [4.78, 5) is 0. The highest BCUT2D eigenvalue weighted by atomic mass is 15.3. The van der Waals surface area contributed by atoms with Gasteiger partial charge in [0.2, 0.25) is 0 Å². The fourth-order valence-corrected chi connectivity index (χ4v) is 2.07. The Morgan fingerprint density at radius 1 is 1.06 bits per heavy atom. The van der Waals surface area contributed by atoms with E-state index in [4.69, 9.17) is 0 Å². The van der Waals surface area contributed by atoms with Crippen LogP contribution < -0.4 is 5.32 Å². The molecule has 3 aromatic rings. The summed E-state index contributed by atoms with van der Waals surface area (Å²) in [5.41, 5.74) is 3.39. The van der Waals surface area contributed by atoms with E-state index in [2.05, 4.69) is 46.9 Å². The van der Waals surface area contributed by atoms with Crippen LogP contribution in [0.1, 0.15) is 5.56 Å². The topological polar surface area (TPSA) is 29.9 Å². The third-order valence-corrected chi connectivity index (χ3v) is 3.00. The number of hydrogen-bond acceptors (Lipinski definition) is 2. The van der Waals surface area contributed by atoms with E-state index in [9.17, 15) is 0 Å². The molecule has 0 aliphatic heterocycles. The largest absolute Gasteiger partial charge is 0.316 e. The summed E-state index contributed by atoms with van der Waals surface area (Å²) in [5.74, 6) is 0. The molecule has 1 aromatic heterocycles. The van der Waals surface area contributed by atoms with Crippen LogP contribution in [-0.4, -0.2) is 16.8 Å². The zero-order valence-electron chi connectivity index (χ0n) is 10.3. The number of hydrogen-bond donors (Lipinski definition) is 1. The third-order valence-electron chi connectivity index (χ3n) is 3.00. The summed E-state index contributed by atoms with van der Waals surface area (Å²) < 4.78 is 1.92. The molecule has 3 rings (SSSR count). The molecule has 1 N–H and O–H groups in total. The maximum atomic E-state index is 4.56. The summed E-state index contributed by atoms with van der Waals surface area (Å²) in [6, 6.07) is 16.6. The van der Waals surface area contributed by atoms with Gasteiger partial charge in [0.05, 0.1) is 11.2 Å². The van der Waals surface area contributed by atoms with Gasteiger partial charge in [-0.25, -0.2) is 4.68 Å². The Hall–Kier alpha value is -2.13. The minimum atomic E-state index is 0.890. The Balaban J connectivity index is 1.98. The van der Waals surface area contributed by atoms with Gasteiger partial charge >= 0.3 is 0 Å². The molecular formula is C15H15N3. The molecule has 0 spiro atoms. The first-order valence-corrected chi connectivity index (χ1v) is 6.05. The average Bonchev–Trinajstić information content (AvgIpc) is 2.84. The highest BCUT2D eigenvalue weighted by molar-refractivity contribution is 5.78. The molecule has 0 atom stereocenters. The van der Waals surface area contributed by atoms with Gasteiger partial charge in [-0.3, -0.25) is 0 Å². The molecule has 3 heteroatoms. The number of aromatic nitrogens is 2. The Bertz CT molecular complexity index is 620. The normalized spacial score (nSPS) is 10.9. The second-order valence-electron chi connectivity index (χ2n) is 4.33. The lowest BCUT2D eigenvalue weighted by molar-refractivity contribution is 0.815. The molecule has 0 unspecified atom stereocenters. The average molecular weight is 237 g/mol. The van der Waals surface area contributed by atoms with Gasteiger partial charge in [-0.2, -0.15) is 5.10 Å². The maximum Gasteiger partial charge on any atom is 0.0927 e. The quantitative estimate of drug-likeness (QED) is 0.759. The Morgan fingerprint density at radius 3 is 2.56 bits per heavy atom. The molecule has 0 aliphatic carbocycles. The molecule has 0 amide bonds. The van der Waals surface area contributed by atoms with Crippen LogP contribution in [0.2, 0.25) is 0 Å². The van der Waals surface area contributed by atoms with E-state index >= 15 is 0 Å². The van der Waals surface area contributed by atoms with Gasteiger partial charge in [0, 0.05) is 18.1 Å². The highest BCUT2D eigenvalue weighted by Gasteiger charge is 2.01. The van der Waals surface area contributed by atoms with E-state index in [-0.39, 0.29) is 0 Å². The van der Waals surface area contributed by atoms with Gasteiger partial charge in [0.15, 0.2) is 0 Å². The summed E-state index contributed by atoms with van der Waals surface area (Å²) >= 11 is 0. The summed E-state index contributed by atoms with van der Waals surface area (Å²) in [6.45, 7) is 0.890. The standard InChI is InChI=1S/C15H15N3/c1-16-10-12-6-8-14(9-7-12)18-11-13-4-2-3-5-15(13)17-18/h2-9,11,16H,10H2,1H3. The summed E-state index contributed by atoms with van der Waals surface area (Å²) in [6.07, 6.45) is 2.06. The molecule has 0 aliphatic rings. The van der Waals surface area contributed by atoms with E-state index in [0.29, 0.717) is 0 Å². The van der Waals surface area contributed by atoms with E-state index in [1.165, 1.54) is 5.56 Å². The first-order valence-electron chi connectivity index (χ1n) is 6.05. The van der Waals surface area contributed by atoms with Crippen molar-refractivity contribution in [2.75, 3.05) is 7.05 Å². The Morgan fingerprint density at radius 2 is 1.83 bits per heavy atom. The molecule has 0 saturated carbocycles. The third kappa shape index (κ3) is 2.00. The number of fused-ring (bicyclic) bond motifs is 1. The lowest BCUT2D eigenvalue weighted by Gasteiger charge is -2.03. The van der Waals surface area contributed by atoms with Gasteiger partial charge in [-0.1, -0.05) is 30.3 Å². The van der Waals surface area contributed by atoms with Crippen molar-refractivity contribution >= 4 is 10.9 Å².